The molecule has 3 heterocycles. The molecule has 294 valence electrons. The molecule has 4 atom stereocenters. The Balaban J connectivity index is 1.24. The average Bonchev–Trinajstić information content (AvgIpc) is 3.88. The molecule has 11 heteroatoms. The number of fused-ring (bicyclic) bond motifs is 1. The molecule has 1 aliphatic heterocycles. The molecule has 10 nitrogen and oxygen atoms in total. The summed E-state index contributed by atoms with van der Waals surface area (Å²) in [5.74, 6) is -0.137. The fourth-order valence-corrected chi connectivity index (χ4v) is 8.34. The van der Waals surface area contributed by atoms with Crippen LogP contribution >= 0.6 is 0 Å². The third-order valence-electron chi connectivity index (χ3n) is 11.0. The molecular weight excluding hydrogens is 746 g/mol. The number of hydrogen-bond acceptors (Lipinski definition) is 8. The molecule has 1 fully saturated rings. The van der Waals surface area contributed by atoms with E-state index in [1.165, 1.54) is 10.9 Å². The largest absolute Gasteiger partial charge is 0.369 e. The van der Waals surface area contributed by atoms with E-state index in [1.54, 1.807) is 0 Å². The van der Waals surface area contributed by atoms with Gasteiger partial charge in [-0.05, 0) is 37.9 Å². The minimum atomic E-state index is -1.43. The van der Waals surface area contributed by atoms with Crippen LogP contribution in [0.15, 0.2) is 193 Å². The highest BCUT2D eigenvalue weighted by molar-refractivity contribution is 5.70. The van der Waals surface area contributed by atoms with Crippen LogP contribution in [0.5, 0.6) is 0 Å². The Morgan fingerprint density at radius 1 is 0.627 bits per heavy atom. The number of benzene rings is 6. The summed E-state index contributed by atoms with van der Waals surface area (Å²) < 4.78 is 38.9. The number of nitrogen functional groups attached to an aromatic ring is 1. The van der Waals surface area contributed by atoms with Gasteiger partial charge in [0.1, 0.15) is 23.4 Å². The number of rotatable bonds is 13. The highest BCUT2D eigenvalue weighted by Crippen LogP contribution is 2.47. The smallest absolute Gasteiger partial charge is 0.280 e. The summed E-state index contributed by atoms with van der Waals surface area (Å²) in [6.07, 6.45) is -3.47. The summed E-state index contributed by atoms with van der Waals surface area (Å²) in [5, 5.41) is 0. The number of aromatic amines is 1. The lowest BCUT2D eigenvalue weighted by Gasteiger charge is -2.41. The second-order valence-corrected chi connectivity index (χ2v) is 14.3. The molecule has 0 unspecified atom stereocenters. The van der Waals surface area contributed by atoms with E-state index in [9.17, 15) is 4.79 Å². The van der Waals surface area contributed by atoms with Gasteiger partial charge in [-0.15, -0.1) is 0 Å². The van der Waals surface area contributed by atoms with Crippen LogP contribution in [-0.4, -0.2) is 44.4 Å². The van der Waals surface area contributed by atoms with E-state index in [2.05, 4.69) is 15.0 Å². The number of H-pyrrole nitrogens is 1. The van der Waals surface area contributed by atoms with Crippen LogP contribution < -0.4 is 11.3 Å². The van der Waals surface area contributed by atoms with Crippen molar-refractivity contribution >= 4 is 17.1 Å². The zero-order valence-corrected chi connectivity index (χ0v) is 31.8. The molecule has 9 rings (SSSR count). The van der Waals surface area contributed by atoms with Crippen LogP contribution in [0.25, 0.3) is 11.2 Å². The summed E-state index contributed by atoms with van der Waals surface area (Å²) in [4.78, 5) is 29.0. The fraction of sp³-hybridized carbons (Fsp3) is 0.146. The standard InChI is InChI=1S/C48H40FN5O5/c49-59-42-41(58-48(36-25-13-4-14-26-36,37-27-15-5-16-28-37)38-29-17-6-18-30-38)39(57-45(42)54-32-51-40-43(54)52-46(50)53-44(40)55)31-56-47(33-19-7-1-8-20-33,34-21-9-2-10-22-34)35-23-11-3-12-24-35/h1-30,32,39,41-42,45H,31H2,(H3,50,52,53,55)/t39-,41-,42+,45-/m1/s1. The van der Waals surface area contributed by atoms with E-state index < -0.39 is 41.3 Å². The van der Waals surface area contributed by atoms with Gasteiger partial charge in [0.15, 0.2) is 23.5 Å². The van der Waals surface area contributed by atoms with Crippen molar-refractivity contribution in [2.75, 3.05) is 12.3 Å². The monoisotopic (exact) mass is 785 g/mol. The molecule has 1 aliphatic rings. The minimum Gasteiger partial charge on any atom is -0.369 e. The van der Waals surface area contributed by atoms with E-state index in [0.29, 0.717) is 0 Å². The maximum absolute atomic E-state index is 15.7. The van der Waals surface area contributed by atoms with E-state index >= 15 is 4.53 Å². The van der Waals surface area contributed by atoms with Gasteiger partial charge in [-0.3, -0.25) is 14.3 Å². The van der Waals surface area contributed by atoms with Crippen molar-refractivity contribution in [3.05, 3.63) is 232 Å². The van der Waals surface area contributed by atoms with Crippen molar-refractivity contribution in [2.45, 2.75) is 35.7 Å². The Labute approximate surface area is 339 Å². The molecule has 0 aliphatic carbocycles. The van der Waals surface area contributed by atoms with Crippen LogP contribution in [0.3, 0.4) is 0 Å². The summed E-state index contributed by atoms with van der Waals surface area (Å²) in [5.41, 5.74) is 8.07. The van der Waals surface area contributed by atoms with Gasteiger partial charge < -0.3 is 19.9 Å². The van der Waals surface area contributed by atoms with Gasteiger partial charge in [0, 0.05) is 0 Å². The van der Waals surface area contributed by atoms with Gasteiger partial charge in [-0.25, -0.2) is 4.98 Å². The Morgan fingerprint density at radius 3 is 1.44 bits per heavy atom. The summed E-state index contributed by atoms with van der Waals surface area (Å²) in [7, 11) is 0. The molecule has 0 spiro atoms. The summed E-state index contributed by atoms with van der Waals surface area (Å²) >= 11 is 0. The van der Waals surface area contributed by atoms with Crippen molar-refractivity contribution in [3.8, 4) is 0 Å². The lowest BCUT2D eigenvalue weighted by molar-refractivity contribution is -0.235. The van der Waals surface area contributed by atoms with Crippen molar-refractivity contribution < 1.29 is 23.7 Å². The van der Waals surface area contributed by atoms with Crippen LogP contribution in [-0.2, 0) is 30.4 Å². The van der Waals surface area contributed by atoms with Gasteiger partial charge in [-0.1, -0.05) is 182 Å². The lowest BCUT2D eigenvalue weighted by Crippen LogP contribution is -2.46. The normalized spacial score (nSPS) is 18.3. The van der Waals surface area contributed by atoms with Crippen LogP contribution in [0.2, 0.25) is 0 Å². The molecule has 8 aromatic rings. The fourth-order valence-electron chi connectivity index (χ4n) is 8.34. The number of nitrogens with two attached hydrogens (primary N) is 1. The van der Waals surface area contributed by atoms with Crippen LogP contribution in [0, 0.1) is 0 Å². The first-order valence-electron chi connectivity index (χ1n) is 19.3. The first-order valence-corrected chi connectivity index (χ1v) is 19.3. The molecule has 1 saturated heterocycles. The Kier molecular flexibility index (Phi) is 10.4. The van der Waals surface area contributed by atoms with Crippen LogP contribution in [0.1, 0.15) is 39.6 Å². The zero-order valence-electron chi connectivity index (χ0n) is 31.8. The van der Waals surface area contributed by atoms with Crippen molar-refractivity contribution in [1.82, 2.24) is 19.5 Å². The second-order valence-electron chi connectivity index (χ2n) is 14.3. The van der Waals surface area contributed by atoms with E-state index in [0.717, 1.165) is 33.4 Å². The summed E-state index contributed by atoms with van der Waals surface area (Å²) in [6.45, 7) is -0.114. The van der Waals surface area contributed by atoms with Gasteiger partial charge in [0.25, 0.3) is 5.56 Å². The zero-order chi connectivity index (χ0) is 40.2. The maximum atomic E-state index is 15.7. The molecule has 0 bridgehead atoms. The molecule has 2 aromatic heterocycles. The predicted octanol–water partition coefficient (Wildman–Crippen LogP) is 8.25. The van der Waals surface area contributed by atoms with Crippen molar-refractivity contribution in [3.63, 3.8) is 0 Å². The molecule has 6 aromatic carbocycles. The highest BCUT2D eigenvalue weighted by Gasteiger charge is 2.54. The number of halogens is 1. The molecular formula is C48H40FN5O5. The van der Waals surface area contributed by atoms with Gasteiger partial charge in [0.2, 0.25) is 5.95 Å². The molecule has 0 amide bonds. The Hall–Kier alpha value is -6.76. The first kappa shape index (κ1) is 37.8. The quantitative estimate of drug-likeness (QED) is 0.112. The number of imidazole rings is 1. The number of ether oxygens (including phenoxy) is 3. The average molecular weight is 786 g/mol. The number of nitrogens with one attached hydrogen (secondary N) is 1. The van der Waals surface area contributed by atoms with Crippen molar-refractivity contribution in [2.24, 2.45) is 0 Å². The maximum Gasteiger partial charge on any atom is 0.280 e. The highest BCUT2D eigenvalue weighted by atomic mass is 19.3. The Bertz CT molecular complexity index is 2480. The Morgan fingerprint density at radius 2 is 1.03 bits per heavy atom. The number of anilines is 1. The SMILES string of the molecule is Nc1nc2c(ncn2[C@@H]2O[C@H](COC(c3ccccc3)(c3ccccc3)c3ccccc3)[C@@H](OC(c3ccccc3)(c3ccccc3)c3ccccc3)[C@@H]2OF)c(=O)[nH]1. The van der Waals surface area contributed by atoms with E-state index in [-0.39, 0.29) is 23.7 Å². The third kappa shape index (κ3) is 6.79. The van der Waals surface area contributed by atoms with Gasteiger partial charge in [-0.2, -0.15) is 9.93 Å². The molecule has 59 heavy (non-hydrogen) atoms. The van der Waals surface area contributed by atoms with Gasteiger partial charge >= 0.3 is 0 Å². The predicted molar refractivity (Wildman–Crippen MR) is 222 cm³/mol. The van der Waals surface area contributed by atoms with Crippen molar-refractivity contribution in [1.29, 1.82) is 0 Å². The lowest BCUT2D eigenvalue weighted by atomic mass is 9.79. The minimum absolute atomic E-state index is 0.000953. The number of aromatic nitrogens is 4. The third-order valence-corrected chi connectivity index (χ3v) is 11.0. The number of hydrogen-bond donors (Lipinski definition) is 2. The molecule has 0 radical (unpaired) electrons. The van der Waals surface area contributed by atoms with E-state index in [4.69, 9.17) is 24.9 Å². The summed E-state index contributed by atoms with van der Waals surface area (Å²) in [6, 6.07) is 59.2. The first-order chi connectivity index (χ1) is 29.0. The second kappa shape index (κ2) is 16.2. The van der Waals surface area contributed by atoms with Crippen LogP contribution in [0.4, 0.5) is 10.5 Å². The molecule has 3 N–H and O–H groups in total. The molecule has 0 saturated carbocycles. The number of nitrogens with zero attached hydrogens (tertiary/aromatic N) is 3. The van der Waals surface area contributed by atoms with E-state index in [1.807, 2.05) is 182 Å². The topological polar surface area (TPSA) is 127 Å². The van der Waals surface area contributed by atoms with Gasteiger partial charge in [0.05, 0.1) is 12.9 Å².